The first-order valence-corrected chi connectivity index (χ1v) is 13.3. The quantitative estimate of drug-likeness (QED) is 0.221. The highest BCUT2D eigenvalue weighted by molar-refractivity contribution is 6.00. The highest BCUT2D eigenvalue weighted by Gasteiger charge is 2.35. The molecule has 0 saturated carbocycles. The Bertz CT molecular complexity index is 1290. The Kier molecular flexibility index (Phi) is 10.0. The zero-order valence-electron chi connectivity index (χ0n) is 22.6. The molecule has 2 amide bonds. The predicted octanol–water partition coefficient (Wildman–Crippen LogP) is 2.87. The van der Waals surface area contributed by atoms with Gasteiger partial charge in [0.15, 0.2) is 11.5 Å². The number of aliphatic hydroxyl groups excluding tert-OH is 1. The first-order valence-electron chi connectivity index (χ1n) is 13.3. The van der Waals surface area contributed by atoms with E-state index < -0.39 is 47.8 Å². The number of amides is 2. The summed E-state index contributed by atoms with van der Waals surface area (Å²) < 4.78 is 17.4. The lowest BCUT2D eigenvalue weighted by molar-refractivity contribution is -0.158. The molecule has 4 unspecified atom stereocenters. The zero-order valence-corrected chi connectivity index (χ0v) is 22.6. The molecule has 0 bridgehead atoms. The van der Waals surface area contributed by atoms with Crippen LogP contribution in [0.4, 0.5) is 0 Å². The third kappa shape index (κ3) is 7.34. The maximum absolute atomic E-state index is 13.6. The number of hydrogen-bond acceptors (Lipinski definition) is 8. The molecule has 5 atom stereocenters. The molecule has 1 aromatic heterocycles. The van der Waals surface area contributed by atoms with Gasteiger partial charge < -0.3 is 29.6 Å². The van der Waals surface area contributed by atoms with Crippen molar-refractivity contribution in [2.24, 2.45) is 11.8 Å². The van der Waals surface area contributed by atoms with Gasteiger partial charge in [0.05, 0.1) is 25.2 Å². The van der Waals surface area contributed by atoms with Crippen molar-refractivity contribution in [3.05, 3.63) is 78.2 Å². The Morgan fingerprint density at radius 2 is 1.85 bits per heavy atom. The number of carbonyl (C=O) groups is 3. The molecule has 1 aliphatic heterocycles. The molecule has 10 heteroatoms. The summed E-state index contributed by atoms with van der Waals surface area (Å²) in [5.41, 5.74) is 2.00. The summed E-state index contributed by atoms with van der Waals surface area (Å²) in [6.45, 7) is 1.42. The second-order valence-electron chi connectivity index (χ2n) is 9.90. The van der Waals surface area contributed by atoms with Gasteiger partial charge in [-0.1, -0.05) is 54.6 Å². The third-order valence-corrected chi connectivity index (χ3v) is 6.76. The Morgan fingerprint density at radius 1 is 1.12 bits per heavy atom. The molecule has 212 valence electrons. The fourth-order valence-corrected chi connectivity index (χ4v) is 4.61. The van der Waals surface area contributed by atoms with Crippen LogP contribution in [0.15, 0.2) is 71.2 Å². The Balaban J connectivity index is 1.68. The van der Waals surface area contributed by atoms with Crippen molar-refractivity contribution in [1.82, 2.24) is 15.6 Å². The molecule has 0 aliphatic carbocycles. The van der Waals surface area contributed by atoms with Crippen LogP contribution < -0.4 is 10.6 Å². The van der Waals surface area contributed by atoms with Crippen molar-refractivity contribution >= 4 is 28.9 Å². The van der Waals surface area contributed by atoms with Gasteiger partial charge in [-0.2, -0.15) is 0 Å². The van der Waals surface area contributed by atoms with Crippen LogP contribution in [0.3, 0.4) is 0 Å². The van der Waals surface area contributed by atoms with Gasteiger partial charge in [0.2, 0.25) is 11.8 Å². The van der Waals surface area contributed by atoms with Gasteiger partial charge in [-0.3, -0.25) is 14.4 Å². The summed E-state index contributed by atoms with van der Waals surface area (Å²) >= 11 is 0. The molecule has 2 heterocycles. The number of allylic oxidation sites excluding steroid dienone is 2. The molecular formula is C30H35N3O7. The highest BCUT2D eigenvalue weighted by atomic mass is 16.5. The maximum atomic E-state index is 13.6. The van der Waals surface area contributed by atoms with Gasteiger partial charge in [0.25, 0.3) is 0 Å². The number of rotatable bonds is 8. The van der Waals surface area contributed by atoms with E-state index in [9.17, 15) is 19.5 Å². The second kappa shape index (κ2) is 13.9. The summed E-state index contributed by atoms with van der Waals surface area (Å²) in [4.78, 5) is 44.5. The van der Waals surface area contributed by atoms with Crippen molar-refractivity contribution in [1.29, 1.82) is 0 Å². The first-order chi connectivity index (χ1) is 19.4. The number of cyclic esters (lactones) is 1. The van der Waals surface area contributed by atoms with Crippen LogP contribution in [0, 0.1) is 11.8 Å². The van der Waals surface area contributed by atoms with E-state index in [0.717, 1.165) is 0 Å². The molecule has 3 aromatic rings. The van der Waals surface area contributed by atoms with Crippen molar-refractivity contribution in [2.75, 3.05) is 20.3 Å². The number of para-hydroxylation sites is 2. The second-order valence-corrected chi connectivity index (χ2v) is 9.90. The Hall–Kier alpha value is -4.02. The van der Waals surface area contributed by atoms with Gasteiger partial charge in [0, 0.05) is 19.6 Å². The van der Waals surface area contributed by atoms with Crippen LogP contribution in [-0.4, -0.2) is 60.3 Å². The van der Waals surface area contributed by atoms with E-state index in [-0.39, 0.29) is 32.5 Å². The molecule has 3 N–H and O–H groups in total. The van der Waals surface area contributed by atoms with Crippen LogP contribution in [0.25, 0.3) is 11.1 Å². The number of fused-ring (bicyclic) bond motifs is 1. The number of nitrogens with one attached hydrogen (secondary N) is 2. The van der Waals surface area contributed by atoms with Crippen LogP contribution in [0.1, 0.15) is 37.3 Å². The number of carbonyl (C=O) groups excluding carboxylic acids is 3. The minimum Gasteiger partial charge on any atom is -0.455 e. The molecule has 1 aliphatic rings. The lowest BCUT2D eigenvalue weighted by Crippen LogP contribution is -2.50. The molecule has 10 nitrogen and oxygen atoms in total. The van der Waals surface area contributed by atoms with Gasteiger partial charge in [-0.15, -0.1) is 0 Å². The Labute approximate surface area is 232 Å². The molecule has 2 aromatic carbocycles. The Morgan fingerprint density at radius 3 is 2.58 bits per heavy atom. The lowest BCUT2D eigenvalue weighted by Gasteiger charge is -2.30. The predicted molar refractivity (Wildman–Crippen MR) is 147 cm³/mol. The minimum absolute atomic E-state index is 0.0333. The number of aliphatic hydroxyl groups is 1. The molecular weight excluding hydrogens is 514 g/mol. The van der Waals surface area contributed by atoms with E-state index in [1.165, 1.54) is 7.11 Å². The van der Waals surface area contributed by atoms with Crippen molar-refractivity contribution in [3.63, 3.8) is 0 Å². The topological polar surface area (TPSA) is 140 Å². The number of hydrogen-bond donors (Lipinski definition) is 3. The number of aromatic nitrogens is 1. The first kappa shape index (κ1) is 29.0. The molecule has 0 saturated heterocycles. The van der Waals surface area contributed by atoms with Gasteiger partial charge >= 0.3 is 5.97 Å². The average Bonchev–Trinajstić information content (AvgIpc) is 3.37. The molecule has 4 rings (SSSR count). The van der Waals surface area contributed by atoms with Gasteiger partial charge in [-0.05, 0) is 37.5 Å². The number of oxazole rings is 1. The van der Waals surface area contributed by atoms with Crippen LogP contribution in [0.2, 0.25) is 0 Å². The molecule has 40 heavy (non-hydrogen) atoms. The molecule has 0 spiro atoms. The standard InChI is InChI=1S/C30H35N3O7/c1-19(17-34)31-28(35)22-13-7-6-12-21(16-26-32-23-14-8-9-15-25(23)39-26)30(37)40-27(20-10-4-3-5-11-20)24(18-38-2)33-29(22)36/h3-11,14-15,19,21-22,24,27,34H,12-13,16-18H2,1-2H3,(H,31,35)(H,33,36)/t19-,21?,22?,24?,27?/m0/s1. The van der Waals surface area contributed by atoms with Crippen LogP contribution in [0.5, 0.6) is 0 Å². The SMILES string of the molecule is COCC1NC(=O)C(C(=O)N[C@@H](C)CO)CC=CCC(Cc2nc3ccccc3o2)C(=O)OC1c1ccccc1. The normalized spacial score (nSPS) is 23.0. The number of methoxy groups -OCH3 is 1. The summed E-state index contributed by atoms with van der Waals surface area (Å²) in [5.74, 6) is -2.79. The third-order valence-electron chi connectivity index (χ3n) is 6.76. The zero-order chi connectivity index (χ0) is 28.5. The average molecular weight is 550 g/mol. The van der Waals surface area contributed by atoms with E-state index in [2.05, 4.69) is 15.6 Å². The summed E-state index contributed by atoms with van der Waals surface area (Å²) in [6, 6.07) is 15.2. The van der Waals surface area contributed by atoms with E-state index in [1.807, 2.05) is 54.6 Å². The maximum Gasteiger partial charge on any atom is 0.310 e. The van der Waals surface area contributed by atoms with Crippen molar-refractivity contribution in [3.8, 4) is 0 Å². The summed E-state index contributed by atoms with van der Waals surface area (Å²) in [6.07, 6.45) is 3.20. The molecule has 0 radical (unpaired) electrons. The van der Waals surface area contributed by atoms with Gasteiger partial charge in [0.1, 0.15) is 17.5 Å². The highest BCUT2D eigenvalue weighted by Crippen LogP contribution is 2.27. The fraction of sp³-hybridized carbons (Fsp3) is 0.400. The van der Waals surface area contributed by atoms with Crippen molar-refractivity contribution < 1.29 is 33.4 Å². The monoisotopic (exact) mass is 549 g/mol. The van der Waals surface area contributed by atoms with Crippen LogP contribution in [-0.2, 0) is 30.3 Å². The van der Waals surface area contributed by atoms with E-state index in [0.29, 0.717) is 22.6 Å². The summed E-state index contributed by atoms with van der Waals surface area (Å²) in [5, 5.41) is 14.9. The summed E-state index contributed by atoms with van der Waals surface area (Å²) in [7, 11) is 1.48. The van der Waals surface area contributed by atoms with E-state index in [4.69, 9.17) is 13.9 Å². The fourth-order valence-electron chi connectivity index (χ4n) is 4.61. The number of esters is 1. The molecule has 0 fully saturated rings. The largest absolute Gasteiger partial charge is 0.455 e. The number of nitrogens with zero attached hydrogens (tertiary/aromatic N) is 1. The van der Waals surface area contributed by atoms with Crippen LogP contribution >= 0.6 is 0 Å². The number of ether oxygens (including phenoxy) is 2. The minimum atomic E-state index is -1.06. The number of benzene rings is 2. The smallest absolute Gasteiger partial charge is 0.310 e. The van der Waals surface area contributed by atoms with E-state index in [1.54, 1.807) is 19.1 Å². The van der Waals surface area contributed by atoms with Crippen molar-refractivity contribution in [2.45, 2.75) is 44.4 Å². The van der Waals surface area contributed by atoms with E-state index >= 15 is 0 Å². The van der Waals surface area contributed by atoms with Gasteiger partial charge in [-0.25, -0.2) is 4.98 Å². The lowest BCUT2D eigenvalue weighted by atomic mass is 9.95.